The number of rotatable bonds is 0. The second kappa shape index (κ2) is 2.16. The molecule has 0 heterocycles. The lowest BCUT2D eigenvalue weighted by molar-refractivity contribution is -0.215. The van der Waals surface area contributed by atoms with Crippen LogP contribution in [0.25, 0.3) is 0 Å². The Labute approximate surface area is 65.8 Å². The summed E-state index contributed by atoms with van der Waals surface area (Å²) in [6.45, 7) is 0. The summed E-state index contributed by atoms with van der Waals surface area (Å²) >= 11 is 0. The van der Waals surface area contributed by atoms with Crippen molar-refractivity contribution in [2.45, 2.75) is 17.8 Å². The molecule has 1 saturated carbocycles. The first kappa shape index (κ1) is 10.3. The van der Waals surface area contributed by atoms with E-state index in [-0.39, 0.29) is 0 Å². The van der Waals surface area contributed by atoms with Gasteiger partial charge in [0.25, 0.3) is 6.08 Å². The van der Waals surface area contributed by atoms with Crippen LogP contribution in [0.4, 0.5) is 35.1 Å². The Bertz CT molecular complexity index is 269. The molecule has 1 aliphatic rings. The number of alkyl halides is 6. The molecule has 76 valence electrons. The van der Waals surface area contributed by atoms with Gasteiger partial charge in [0.1, 0.15) is 5.57 Å². The molecule has 0 aliphatic heterocycles. The molecule has 1 aliphatic carbocycles. The SMILES string of the molecule is FC(F)=C1C(F)(F)C1(F)C(F)(F)F. The first-order valence-corrected chi connectivity index (χ1v) is 2.76. The van der Waals surface area contributed by atoms with Crippen LogP contribution in [0.5, 0.6) is 0 Å². The van der Waals surface area contributed by atoms with Gasteiger partial charge in [-0.1, -0.05) is 0 Å². The molecule has 0 N–H and O–H groups in total. The third kappa shape index (κ3) is 0.969. The van der Waals surface area contributed by atoms with Crippen LogP contribution in [0.3, 0.4) is 0 Å². The largest absolute Gasteiger partial charge is 0.433 e. The molecule has 1 unspecified atom stereocenters. The molecule has 0 bridgehead atoms. The summed E-state index contributed by atoms with van der Waals surface area (Å²) in [5, 5.41) is 0. The standard InChI is InChI=1S/C5F8/c6-2(7)1-3(8,4(1,9)10)5(11,12)13. The van der Waals surface area contributed by atoms with Gasteiger partial charge in [0.2, 0.25) is 0 Å². The average Bonchev–Trinajstić information content (AvgIpc) is 2.26. The Morgan fingerprint density at radius 3 is 1.46 bits per heavy atom. The van der Waals surface area contributed by atoms with Gasteiger partial charge in [-0.2, -0.15) is 30.7 Å². The van der Waals surface area contributed by atoms with Gasteiger partial charge in [-0.05, 0) is 0 Å². The number of hydrogen-bond acceptors (Lipinski definition) is 0. The molecule has 0 spiro atoms. The molecule has 1 atom stereocenters. The van der Waals surface area contributed by atoms with E-state index in [4.69, 9.17) is 0 Å². The van der Waals surface area contributed by atoms with Gasteiger partial charge in [-0.15, -0.1) is 0 Å². The van der Waals surface area contributed by atoms with E-state index in [1.165, 1.54) is 0 Å². The van der Waals surface area contributed by atoms with Gasteiger partial charge in [0.15, 0.2) is 0 Å². The first-order valence-electron chi connectivity index (χ1n) is 2.76. The zero-order valence-electron chi connectivity index (χ0n) is 5.52. The van der Waals surface area contributed by atoms with Crippen molar-refractivity contribution in [3.8, 4) is 0 Å². The van der Waals surface area contributed by atoms with Crippen molar-refractivity contribution < 1.29 is 35.1 Å². The summed E-state index contributed by atoms with van der Waals surface area (Å²) in [5.74, 6) is -5.13. The maximum Gasteiger partial charge on any atom is 0.433 e. The van der Waals surface area contributed by atoms with Crippen molar-refractivity contribution in [3.63, 3.8) is 0 Å². The molecule has 0 nitrogen and oxygen atoms in total. The second-order valence-electron chi connectivity index (χ2n) is 2.37. The molecule has 13 heavy (non-hydrogen) atoms. The van der Waals surface area contributed by atoms with Gasteiger partial charge >= 0.3 is 17.8 Å². The van der Waals surface area contributed by atoms with Gasteiger partial charge in [-0.3, -0.25) is 0 Å². The summed E-state index contributed by atoms with van der Waals surface area (Å²) in [5.41, 5.74) is -7.97. The predicted octanol–water partition coefficient (Wildman–Crippen LogP) is 3.06. The van der Waals surface area contributed by atoms with Crippen LogP contribution in [-0.2, 0) is 0 Å². The van der Waals surface area contributed by atoms with Crippen molar-refractivity contribution in [2.75, 3.05) is 0 Å². The van der Waals surface area contributed by atoms with E-state index >= 15 is 0 Å². The van der Waals surface area contributed by atoms with E-state index in [0.717, 1.165) is 0 Å². The third-order valence-corrected chi connectivity index (χ3v) is 1.61. The summed E-state index contributed by atoms with van der Waals surface area (Å²) < 4.78 is 93.5. The van der Waals surface area contributed by atoms with E-state index in [0.29, 0.717) is 0 Å². The van der Waals surface area contributed by atoms with Crippen molar-refractivity contribution in [3.05, 3.63) is 11.7 Å². The zero-order valence-corrected chi connectivity index (χ0v) is 5.52. The maximum absolute atomic E-state index is 12.3. The highest BCUT2D eigenvalue weighted by molar-refractivity contribution is 5.51. The minimum absolute atomic E-state index is 2.78. The highest BCUT2D eigenvalue weighted by Crippen LogP contribution is 2.69. The van der Waals surface area contributed by atoms with E-state index in [1.807, 2.05) is 0 Å². The Kier molecular flexibility index (Phi) is 1.70. The van der Waals surface area contributed by atoms with Gasteiger partial charge in [0, 0.05) is 0 Å². The summed E-state index contributed by atoms with van der Waals surface area (Å²) in [4.78, 5) is 0. The van der Waals surface area contributed by atoms with Crippen LogP contribution in [-0.4, -0.2) is 17.8 Å². The van der Waals surface area contributed by atoms with Crippen LogP contribution in [0, 0.1) is 0 Å². The molecule has 0 aromatic heterocycles. The van der Waals surface area contributed by atoms with Crippen molar-refractivity contribution >= 4 is 0 Å². The molecule has 0 radical (unpaired) electrons. The van der Waals surface area contributed by atoms with Gasteiger partial charge in [-0.25, -0.2) is 4.39 Å². The number of allylic oxidation sites excluding steroid dienone is 1. The number of hydrogen-bond donors (Lipinski definition) is 0. The lowest BCUT2D eigenvalue weighted by atomic mass is 10.3. The fourth-order valence-electron chi connectivity index (χ4n) is 0.887. The van der Waals surface area contributed by atoms with Gasteiger partial charge in [0.05, 0.1) is 0 Å². The second-order valence-corrected chi connectivity index (χ2v) is 2.37. The summed E-state index contributed by atoms with van der Waals surface area (Å²) in [6, 6.07) is 0. The molecule has 1 fully saturated rings. The Balaban J connectivity index is 3.21. The molecule has 0 aromatic carbocycles. The molecule has 0 saturated heterocycles. The monoisotopic (exact) mass is 212 g/mol. The Hall–Kier alpha value is -0.820. The van der Waals surface area contributed by atoms with Gasteiger partial charge < -0.3 is 0 Å². The fourth-order valence-corrected chi connectivity index (χ4v) is 0.887. The van der Waals surface area contributed by atoms with Crippen LogP contribution in [0.2, 0.25) is 0 Å². The van der Waals surface area contributed by atoms with Crippen molar-refractivity contribution in [2.24, 2.45) is 0 Å². The average molecular weight is 212 g/mol. The van der Waals surface area contributed by atoms with E-state index in [2.05, 4.69) is 0 Å². The first-order chi connectivity index (χ1) is 5.57. The Morgan fingerprint density at radius 2 is 1.38 bits per heavy atom. The highest BCUT2D eigenvalue weighted by atomic mass is 19.4. The van der Waals surface area contributed by atoms with Crippen LogP contribution >= 0.6 is 0 Å². The lowest BCUT2D eigenvalue weighted by Crippen LogP contribution is -2.32. The van der Waals surface area contributed by atoms with E-state index in [9.17, 15) is 35.1 Å². The predicted molar refractivity (Wildman–Crippen MR) is 24.1 cm³/mol. The molecular formula is C5F8. The Morgan fingerprint density at radius 1 is 1.00 bits per heavy atom. The maximum atomic E-state index is 12.3. The van der Waals surface area contributed by atoms with Crippen LogP contribution < -0.4 is 0 Å². The van der Waals surface area contributed by atoms with E-state index in [1.54, 1.807) is 0 Å². The normalized spacial score (nSPS) is 31.8. The third-order valence-electron chi connectivity index (χ3n) is 1.61. The molecule has 0 aromatic rings. The smallest absolute Gasteiger partial charge is 0.221 e. The fraction of sp³-hybridized carbons (Fsp3) is 0.600. The minimum atomic E-state index is -6.02. The molecule has 0 amide bonds. The highest BCUT2D eigenvalue weighted by Gasteiger charge is 2.92. The number of halogens is 8. The zero-order chi connectivity index (χ0) is 10.7. The molecule has 1 rings (SSSR count). The van der Waals surface area contributed by atoms with E-state index < -0.39 is 29.4 Å². The molecular weight excluding hydrogens is 212 g/mol. The minimum Gasteiger partial charge on any atom is -0.221 e. The molecule has 8 heteroatoms. The van der Waals surface area contributed by atoms with Crippen LogP contribution in [0.15, 0.2) is 11.7 Å². The topological polar surface area (TPSA) is 0 Å². The lowest BCUT2D eigenvalue weighted by Gasteiger charge is -2.08. The summed E-state index contributed by atoms with van der Waals surface area (Å²) in [6.07, 6.45) is -9.35. The van der Waals surface area contributed by atoms with Crippen molar-refractivity contribution in [1.29, 1.82) is 0 Å². The quantitative estimate of drug-likeness (QED) is 0.541. The van der Waals surface area contributed by atoms with Crippen molar-refractivity contribution in [1.82, 2.24) is 0 Å². The van der Waals surface area contributed by atoms with Crippen LogP contribution in [0.1, 0.15) is 0 Å². The summed E-state index contributed by atoms with van der Waals surface area (Å²) in [7, 11) is 0.